The topological polar surface area (TPSA) is 46.4 Å². The van der Waals surface area contributed by atoms with Gasteiger partial charge in [0, 0.05) is 19.2 Å². The second kappa shape index (κ2) is 7.87. The van der Waals surface area contributed by atoms with Crippen molar-refractivity contribution in [1.29, 1.82) is 0 Å². The third-order valence-corrected chi connectivity index (χ3v) is 4.69. The van der Waals surface area contributed by atoms with E-state index in [0.29, 0.717) is 13.0 Å². The molecule has 0 aliphatic rings. The Morgan fingerprint density at radius 1 is 0.889 bits per heavy atom. The third kappa shape index (κ3) is 3.75. The third-order valence-electron chi connectivity index (χ3n) is 4.69. The van der Waals surface area contributed by atoms with Crippen molar-refractivity contribution in [3.8, 4) is 0 Å². The molecule has 0 atom stereocenters. The van der Waals surface area contributed by atoms with E-state index in [1.54, 1.807) is 0 Å². The first-order valence-corrected chi connectivity index (χ1v) is 9.11. The Balaban J connectivity index is 1.49. The molecule has 0 saturated heterocycles. The van der Waals surface area contributed by atoms with Crippen LogP contribution in [0.3, 0.4) is 0 Å². The number of nitrogens with one attached hydrogen (secondary N) is 1. The number of hydrogen-bond donors (Lipinski definition) is 1. The van der Waals surface area contributed by atoms with Crippen LogP contribution in [0.5, 0.6) is 0 Å². The SMILES string of the molecule is O=C(NCCc1ncc2ccccn12)C(c1ccccc1)c1ccccc1. The number of rotatable bonds is 6. The zero-order valence-corrected chi connectivity index (χ0v) is 15.0. The van der Waals surface area contributed by atoms with E-state index in [4.69, 9.17) is 0 Å². The lowest BCUT2D eigenvalue weighted by molar-refractivity contribution is -0.121. The average molecular weight is 355 g/mol. The zero-order valence-electron chi connectivity index (χ0n) is 15.0. The zero-order chi connectivity index (χ0) is 18.5. The molecule has 0 spiro atoms. The van der Waals surface area contributed by atoms with Crippen LogP contribution in [0.2, 0.25) is 0 Å². The van der Waals surface area contributed by atoms with E-state index < -0.39 is 0 Å². The van der Waals surface area contributed by atoms with Crippen molar-refractivity contribution in [1.82, 2.24) is 14.7 Å². The quantitative estimate of drug-likeness (QED) is 0.571. The Labute approximate surface area is 158 Å². The minimum Gasteiger partial charge on any atom is -0.355 e. The van der Waals surface area contributed by atoms with Crippen LogP contribution in [-0.4, -0.2) is 21.8 Å². The van der Waals surface area contributed by atoms with Crippen molar-refractivity contribution in [3.05, 3.63) is 108 Å². The summed E-state index contributed by atoms with van der Waals surface area (Å²) in [4.78, 5) is 17.5. The van der Waals surface area contributed by atoms with E-state index in [0.717, 1.165) is 22.5 Å². The van der Waals surface area contributed by atoms with Gasteiger partial charge in [0.2, 0.25) is 5.91 Å². The highest BCUT2D eigenvalue weighted by molar-refractivity contribution is 5.87. The molecule has 2 heterocycles. The van der Waals surface area contributed by atoms with Crippen molar-refractivity contribution in [2.75, 3.05) is 6.54 Å². The van der Waals surface area contributed by atoms with Gasteiger partial charge in [0.25, 0.3) is 0 Å². The predicted octanol–water partition coefficient (Wildman–Crippen LogP) is 3.83. The van der Waals surface area contributed by atoms with Crippen molar-refractivity contribution in [3.63, 3.8) is 0 Å². The fraction of sp³-hybridized carbons (Fsp3) is 0.130. The number of fused-ring (bicyclic) bond motifs is 1. The molecule has 1 N–H and O–H groups in total. The maximum Gasteiger partial charge on any atom is 0.232 e. The molecular formula is C23H21N3O. The van der Waals surface area contributed by atoms with Crippen molar-refractivity contribution < 1.29 is 4.79 Å². The van der Waals surface area contributed by atoms with Gasteiger partial charge in [-0.05, 0) is 23.3 Å². The molecule has 4 rings (SSSR count). The molecule has 1 amide bonds. The fourth-order valence-corrected chi connectivity index (χ4v) is 3.37. The van der Waals surface area contributed by atoms with Crippen LogP contribution in [0, 0.1) is 0 Å². The van der Waals surface area contributed by atoms with Crippen molar-refractivity contribution in [2.45, 2.75) is 12.3 Å². The molecule has 2 aromatic carbocycles. The number of carbonyl (C=O) groups is 1. The molecule has 0 bridgehead atoms. The largest absolute Gasteiger partial charge is 0.355 e. The molecule has 134 valence electrons. The standard InChI is InChI=1S/C23H21N3O/c27-23(24-15-14-21-25-17-20-13-7-8-16-26(20)21)22(18-9-3-1-4-10-18)19-11-5-2-6-12-19/h1-13,16-17,22H,14-15H2,(H,24,27). The van der Waals surface area contributed by atoms with Crippen LogP contribution < -0.4 is 5.32 Å². The first kappa shape index (κ1) is 17.0. The average Bonchev–Trinajstić information content (AvgIpc) is 3.13. The number of hydrogen-bond acceptors (Lipinski definition) is 2. The highest BCUT2D eigenvalue weighted by atomic mass is 16.1. The highest BCUT2D eigenvalue weighted by Gasteiger charge is 2.22. The molecule has 0 fully saturated rings. The molecule has 2 aromatic heterocycles. The molecule has 0 aliphatic heterocycles. The lowest BCUT2D eigenvalue weighted by Gasteiger charge is -2.17. The number of nitrogens with zero attached hydrogens (tertiary/aromatic N) is 2. The molecular weight excluding hydrogens is 334 g/mol. The van der Waals surface area contributed by atoms with Crippen LogP contribution in [0.1, 0.15) is 22.9 Å². The van der Waals surface area contributed by atoms with Gasteiger partial charge in [-0.3, -0.25) is 4.79 Å². The van der Waals surface area contributed by atoms with Crippen LogP contribution in [0.4, 0.5) is 0 Å². The first-order chi connectivity index (χ1) is 13.3. The van der Waals surface area contributed by atoms with E-state index in [2.05, 4.69) is 14.7 Å². The first-order valence-electron chi connectivity index (χ1n) is 9.11. The summed E-state index contributed by atoms with van der Waals surface area (Å²) >= 11 is 0. The maximum absolute atomic E-state index is 13.0. The minimum atomic E-state index is -0.315. The molecule has 0 unspecified atom stereocenters. The highest BCUT2D eigenvalue weighted by Crippen LogP contribution is 2.24. The van der Waals surface area contributed by atoms with E-state index in [9.17, 15) is 4.79 Å². The minimum absolute atomic E-state index is 0.00765. The molecule has 0 aliphatic carbocycles. The van der Waals surface area contributed by atoms with Gasteiger partial charge in [0.15, 0.2) is 0 Å². The van der Waals surface area contributed by atoms with Crippen LogP contribution in [0.25, 0.3) is 5.52 Å². The lowest BCUT2D eigenvalue weighted by Crippen LogP contribution is -2.32. The molecule has 4 aromatic rings. The van der Waals surface area contributed by atoms with Gasteiger partial charge in [0.1, 0.15) is 5.82 Å². The van der Waals surface area contributed by atoms with Gasteiger partial charge in [0.05, 0.1) is 17.6 Å². The summed E-state index contributed by atoms with van der Waals surface area (Å²) in [7, 11) is 0. The predicted molar refractivity (Wildman–Crippen MR) is 107 cm³/mol. The normalized spacial score (nSPS) is 11.0. The summed E-state index contributed by atoms with van der Waals surface area (Å²) in [6.07, 6.45) is 4.53. The molecule has 27 heavy (non-hydrogen) atoms. The number of carbonyl (C=O) groups excluding carboxylic acids is 1. The van der Waals surface area contributed by atoms with E-state index in [-0.39, 0.29) is 11.8 Å². The van der Waals surface area contributed by atoms with Crippen LogP contribution >= 0.6 is 0 Å². The van der Waals surface area contributed by atoms with Crippen molar-refractivity contribution in [2.24, 2.45) is 0 Å². The summed E-state index contributed by atoms with van der Waals surface area (Å²) in [5.41, 5.74) is 3.05. The Bertz CT molecular complexity index is 986. The Hall–Kier alpha value is -3.40. The van der Waals surface area contributed by atoms with Crippen molar-refractivity contribution >= 4 is 11.4 Å². The van der Waals surface area contributed by atoms with E-state index >= 15 is 0 Å². The lowest BCUT2D eigenvalue weighted by atomic mass is 9.90. The molecule has 0 saturated carbocycles. The molecule has 4 heteroatoms. The number of benzene rings is 2. The van der Waals surface area contributed by atoms with Gasteiger partial charge < -0.3 is 9.72 Å². The monoisotopic (exact) mass is 355 g/mol. The van der Waals surface area contributed by atoms with Gasteiger partial charge >= 0.3 is 0 Å². The van der Waals surface area contributed by atoms with E-state index in [1.807, 2.05) is 91.3 Å². The summed E-state index contributed by atoms with van der Waals surface area (Å²) in [5, 5.41) is 3.09. The Morgan fingerprint density at radius 3 is 2.19 bits per heavy atom. The van der Waals surface area contributed by atoms with Gasteiger partial charge in [-0.2, -0.15) is 0 Å². The van der Waals surface area contributed by atoms with Crippen LogP contribution in [0.15, 0.2) is 91.3 Å². The van der Waals surface area contributed by atoms with E-state index in [1.165, 1.54) is 0 Å². The van der Waals surface area contributed by atoms with Gasteiger partial charge in [-0.1, -0.05) is 66.7 Å². The summed E-state index contributed by atoms with van der Waals surface area (Å²) in [6, 6.07) is 25.8. The number of imidazole rings is 1. The second-order valence-corrected chi connectivity index (χ2v) is 6.47. The molecule has 4 nitrogen and oxygen atoms in total. The Morgan fingerprint density at radius 2 is 1.52 bits per heavy atom. The summed E-state index contributed by atoms with van der Waals surface area (Å²) in [6.45, 7) is 0.545. The fourth-order valence-electron chi connectivity index (χ4n) is 3.37. The smallest absolute Gasteiger partial charge is 0.232 e. The second-order valence-electron chi connectivity index (χ2n) is 6.47. The number of amides is 1. The summed E-state index contributed by atoms with van der Waals surface area (Å²) in [5.74, 6) is 0.638. The summed E-state index contributed by atoms with van der Waals surface area (Å²) < 4.78 is 2.05. The number of aromatic nitrogens is 2. The van der Waals surface area contributed by atoms with Gasteiger partial charge in [-0.15, -0.1) is 0 Å². The number of pyridine rings is 1. The molecule has 0 radical (unpaired) electrons. The maximum atomic E-state index is 13.0. The Kier molecular flexibility index (Phi) is 4.97. The van der Waals surface area contributed by atoms with Gasteiger partial charge in [-0.25, -0.2) is 4.98 Å². The van der Waals surface area contributed by atoms with Crippen LogP contribution in [-0.2, 0) is 11.2 Å².